The van der Waals surface area contributed by atoms with E-state index in [1.807, 2.05) is 60.5 Å². The zero-order chi connectivity index (χ0) is 26.8. The highest BCUT2D eigenvalue weighted by atomic mass is 15.3. The van der Waals surface area contributed by atoms with Crippen molar-refractivity contribution in [1.29, 1.82) is 0 Å². The molecule has 8 heteroatoms. The molecule has 1 aliphatic carbocycles. The fourth-order valence-electron chi connectivity index (χ4n) is 5.11. The number of hydrogen-bond acceptors (Lipinski definition) is 7. The minimum absolute atomic E-state index is 0. The summed E-state index contributed by atoms with van der Waals surface area (Å²) in [5, 5.41) is 7.93. The fraction of sp³-hybridized carbons (Fsp3) is 0.226. The Morgan fingerprint density at radius 2 is 1.97 bits per heavy atom. The SMILES string of the molecule is C=C/C(=C\C=C/C)c1cnn2ccc(C3=CCc4nc(Nc5ccnc(N6CCN(C)CC6)c5)ncc43)cc12.[HH]. The van der Waals surface area contributed by atoms with E-state index in [-0.39, 0.29) is 1.43 Å². The molecule has 0 atom stereocenters. The van der Waals surface area contributed by atoms with Crippen LogP contribution in [-0.2, 0) is 6.42 Å². The predicted molar refractivity (Wildman–Crippen MR) is 160 cm³/mol. The van der Waals surface area contributed by atoms with Crippen molar-refractivity contribution in [3.05, 3.63) is 108 Å². The average molecular weight is 519 g/mol. The standard InChI is InChI=1S/C31H32N8.H2/c1-4-6-7-22(5-2)26-21-34-39-13-11-23(18-29(26)39)25-8-9-28-27(25)20-33-31(36-28)35-24-10-12-32-30(19-24)38-16-14-37(3)15-17-38;/h4-8,10-13,18-21H,2,9,14-17H2,1,3H3,(H,32,33,35,36);1H/b6-4-,22-7+;. The Morgan fingerprint density at radius 1 is 1.10 bits per heavy atom. The summed E-state index contributed by atoms with van der Waals surface area (Å²) in [4.78, 5) is 18.8. The number of aromatic nitrogens is 5. The molecular weight excluding hydrogens is 484 g/mol. The maximum Gasteiger partial charge on any atom is 0.227 e. The van der Waals surface area contributed by atoms with Gasteiger partial charge in [-0.3, -0.25) is 0 Å². The minimum Gasteiger partial charge on any atom is -0.354 e. The highest BCUT2D eigenvalue weighted by Gasteiger charge is 2.20. The van der Waals surface area contributed by atoms with Gasteiger partial charge in [0.2, 0.25) is 5.95 Å². The summed E-state index contributed by atoms with van der Waals surface area (Å²) in [6, 6.07) is 8.31. The molecule has 1 saturated heterocycles. The summed E-state index contributed by atoms with van der Waals surface area (Å²) in [6.07, 6.45) is 18.6. The van der Waals surface area contributed by atoms with Gasteiger partial charge in [0.15, 0.2) is 0 Å². The lowest BCUT2D eigenvalue weighted by atomic mass is 10.0. The topological polar surface area (TPSA) is 74.5 Å². The zero-order valence-electron chi connectivity index (χ0n) is 22.4. The van der Waals surface area contributed by atoms with Crippen LogP contribution in [0, 0.1) is 0 Å². The van der Waals surface area contributed by atoms with Crippen LogP contribution in [0.3, 0.4) is 0 Å². The van der Waals surface area contributed by atoms with Gasteiger partial charge < -0.3 is 15.1 Å². The van der Waals surface area contributed by atoms with Crippen LogP contribution in [0.25, 0.3) is 16.7 Å². The molecule has 0 bridgehead atoms. The molecule has 39 heavy (non-hydrogen) atoms. The molecule has 4 aromatic heterocycles. The zero-order valence-corrected chi connectivity index (χ0v) is 22.4. The smallest absolute Gasteiger partial charge is 0.227 e. The van der Waals surface area contributed by atoms with E-state index < -0.39 is 0 Å². The summed E-state index contributed by atoms with van der Waals surface area (Å²) >= 11 is 0. The highest BCUT2D eigenvalue weighted by molar-refractivity contribution is 5.89. The number of nitrogens with one attached hydrogen (secondary N) is 1. The van der Waals surface area contributed by atoms with Gasteiger partial charge in [-0.2, -0.15) is 5.10 Å². The first kappa shape index (κ1) is 24.8. The largest absolute Gasteiger partial charge is 0.354 e. The van der Waals surface area contributed by atoms with Crippen LogP contribution in [0.5, 0.6) is 0 Å². The van der Waals surface area contributed by atoms with Crippen LogP contribution < -0.4 is 10.2 Å². The predicted octanol–water partition coefficient (Wildman–Crippen LogP) is 5.39. The van der Waals surface area contributed by atoms with Crippen molar-refractivity contribution in [3.63, 3.8) is 0 Å². The molecule has 0 unspecified atom stereocenters. The Balaban J connectivity index is 0.00000323. The van der Waals surface area contributed by atoms with Gasteiger partial charge in [-0.15, -0.1) is 0 Å². The van der Waals surface area contributed by atoms with Crippen molar-refractivity contribution >= 4 is 34.1 Å². The maximum absolute atomic E-state index is 4.86. The van der Waals surface area contributed by atoms with Crippen molar-refractivity contribution in [2.24, 2.45) is 0 Å². The number of pyridine rings is 2. The maximum atomic E-state index is 4.86. The first-order valence-corrected chi connectivity index (χ1v) is 13.3. The normalized spacial score (nSPS) is 16.1. The lowest BCUT2D eigenvalue weighted by Gasteiger charge is -2.33. The van der Waals surface area contributed by atoms with E-state index in [1.54, 1.807) is 0 Å². The summed E-state index contributed by atoms with van der Waals surface area (Å²) in [7, 11) is 2.16. The van der Waals surface area contributed by atoms with Crippen molar-refractivity contribution < 1.29 is 1.43 Å². The third-order valence-electron chi connectivity index (χ3n) is 7.32. The molecule has 0 saturated carbocycles. The molecule has 8 nitrogen and oxygen atoms in total. The molecule has 0 aromatic carbocycles. The second-order valence-electron chi connectivity index (χ2n) is 9.85. The Labute approximate surface area is 230 Å². The summed E-state index contributed by atoms with van der Waals surface area (Å²) in [5.41, 5.74) is 8.40. The number of piperazine rings is 1. The molecule has 1 fully saturated rings. The Bertz CT molecular complexity index is 1630. The van der Waals surface area contributed by atoms with Crippen LogP contribution in [-0.4, -0.2) is 62.7 Å². The van der Waals surface area contributed by atoms with E-state index in [0.717, 1.165) is 83.2 Å². The van der Waals surface area contributed by atoms with E-state index >= 15 is 0 Å². The molecule has 5 heterocycles. The summed E-state index contributed by atoms with van der Waals surface area (Å²) in [5.74, 6) is 1.57. The van der Waals surface area contributed by atoms with E-state index in [2.05, 4.69) is 74.2 Å². The fourth-order valence-corrected chi connectivity index (χ4v) is 5.11. The lowest BCUT2D eigenvalue weighted by molar-refractivity contribution is 0.312. The summed E-state index contributed by atoms with van der Waals surface area (Å²) in [6.45, 7) is 10.0. The van der Waals surface area contributed by atoms with Gasteiger partial charge in [-0.05, 0) is 48.9 Å². The van der Waals surface area contributed by atoms with Gasteiger partial charge in [0.1, 0.15) is 5.82 Å². The van der Waals surface area contributed by atoms with E-state index in [4.69, 9.17) is 4.98 Å². The molecule has 6 rings (SSSR count). The average Bonchev–Trinajstić information content (AvgIpc) is 3.58. The van der Waals surface area contributed by atoms with Crippen molar-refractivity contribution in [3.8, 4) is 0 Å². The first-order valence-electron chi connectivity index (χ1n) is 13.3. The lowest BCUT2D eigenvalue weighted by Crippen LogP contribution is -2.44. The summed E-state index contributed by atoms with van der Waals surface area (Å²) < 4.78 is 1.90. The molecule has 0 amide bonds. The van der Waals surface area contributed by atoms with Gasteiger partial charge in [-0.25, -0.2) is 19.5 Å². The number of anilines is 3. The first-order chi connectivity index (χ1) is 19.1. The molecule has 2 aliphatic rings. The second-order valence-corrected chi connectivity index (χ2v) is 9.85. The molecule has 1 aliphatic heterocycles. The van der Waals surface area contributed by atoms with Crippen LogP contribution in [0.1, 0.15) is 30.7 Å². The molecule has 198 valence electrons. The highest BCUT2D eigenvalue weighted by Crippen LogP contribution is 2.34. The van der Waals surface area contributed by atoms with Crippen LogP contribution >= 0.6 is 0 Å². The van der Waals surface area contributed by atoms with Gasteiger partial charge in [-0.1, -0.05) is 37.0 Å². The number of nitrogens with zero attached hydrogens (tertiary/aromatic N) is 7. The molecule has 1 N–H and O–H groups in total. The van der Waals surface area contributed by atoms with Crippen molar-refractivity contribution in [1.82, 2.24) is 29.5 Å². The quantitative estimate of drug-likeness (QED) is 0.329. The molecule has 0 spiro atoms. The van der Waals surface area contributed by atoms with Gasteiger partial charge in [0.05, 0.1) is 17.4 Å². The van der Waals surface area contributed by atoms with Crippen LogP contribution in [0.4, 0.5) is 17.5 Å². The van der Waals surface area contributed by atoms with Gasteiger partial charge >= 0.3 is 0 Å². The third kappa shape index (κ3) is 4.98. The van der Waals surface area contributed by atoms with E-state index in [0.29, 0.717) is 5.95 Å². The molecule has 4 aromatic rings. The van der Waals surface area contributed by atoms with Crippen molar-refractivity contribution in [2.45, 2.75) is 13.3 Å². The van der Waals surface area contributed by atoms with E-state index in [1.165, 1.54) is 0 Å². The van der Waals surface area contributed by atoms with Gasteiger partial charge in [0, 0.05) is 75.5 Å². The van der Waals surface area contributed by atoms with Crippen molar-refractivity contribution in [2.75, 3.05) is 43.4 Å². The Morgan fingerprint density at radius 3 is 2.79 bits per heavy atom. The molecular formula is C31H34N8. The number of hydrogen-bond donors (Lipinski definition) is 1. The minimum atomic E-state index is 0. The monoisotopic (exact) mass is 518 g/mol. The number of likely N-dealkylation sites (N-methyl/N-ethyl adjacent to an activating group) is 1. The Kier molecular flexibility index (Phi) is 6.77. The van der Waals surface area contributed by atoms with Gasteiger partial charge in [0.25, 0.3) is 0 Å². The second kappa shape index (κ2) is 10.7. The molecule has 0 radical (unpaired) electrons. The number of allylic oxidation sites excluding steroid dienone is 6. The van der Waals surface area contributed by atoms with E-state index in [9.17, 15) is 0 Å². The number of rotatable bonds is 7. The third-order valence-corrected chi connectivity index (χ3v) is 7.32. The Hall–Kier alpha value is -4.56. The number of fused-ring (bicyclic) bond motifs is 2. The van der Waals surface area contributed by atoms with Crippen LogP contribution in [0.2, 0.25) is 0 Å². The van der Waals surface area contributed by atoms with Crippen LogP contribution in [0.15, 0.2) is 86.0 Å².